The molecule has 0 N–H and O–H groups in total. The van der Waals surface area contributed by atoms with E-state index in [0.717, 1.165) is 17.1 Å². The Morgan fingerprint density at radius 3 is 1.77 bits per heavy atom. The minimum atomic E-state index is -0.620. The maximum atomic E-state index is 2.57. The molecule has 15 aromatic rings. The van der Waals surface area contributed by atoms with Crippen molar-refractivity contribution in [3.8, 4) is 39.1 Å². The Morgan fingerprint density at radius 1 is 0.321 bits per heavy atom. The standard InChI is InChI=1S/C78H48N2S/c1-3-20-52(21-4-1)77(53-22-5-2-6-23-53)66-45-39-50-19-7-8-24-56(50)74(66)61-44-43-55(48-68(61)77)79(54-41-37-49(38-42-54)51-40-46-73-62(47-51)58-26-11-16-36-72(58)81-73)71-35-18-31-65-75(71)60-27-9-12-29-63(60)78(65)64-30-13-15-34-70(64)80-69-33-14-10-25-57(69)59-28-17-32-67(78)76(59)80/h1-48H. The van der Waals surface area contributed by atoms with Crippen molar-refractivity contribution in [3.63, 3.8) is 0 Å². The van der Waals surface area contributed by atoms with Gasteiger partial charge in [0.05, 0.1) is 33.2 Å². The average Bonchev–Trinajstić information content (AvgIpc) is 3.65. The highest BCUT2D eigenvalue weighted by molar-refractivity contribution is 7.25. The van der Waals surface area contributed by atoms with E-state index in [9.17, 15) is 0 Å². The molecule has 376 valence electrons. The predicted molar refractivity (Wildman–Crippen MR) is 339 cm³/mol. The van der Waals surface area contributed by atoms with Gasteiger partial charge in [-0.2, -0.15) is 0 Å². The van der Waals surface area contributed by atoms with Gasteiger partial charge in [-0.1, -0.05) is 231 Å². The lowest BCUT2D eigenvalue weighted by atomic mass is 9.65. The smallest absolute Gasteiger partial charge is 0.0755 e. The maximum absolute atomic E-state index is 2.57. The first-order valence-electron chi connectivity index (χ1n) is 28.2. The number of fused-ring (bicyclic) bond motifs is 20. The fraction of sp³-hybridized carbons (Fsp3) is 0.0256. The molecule has 1 atom stereocenters. The third-order valence-corrected chi connectivity index (χ3v) is 19.6. The molecule has 3 heteroatoms. The number of benzene rings is 13. The Bertz CT molecular complexity index is 5080. The number of aromatic nitrogens is 1. The monoisotopic (exact) mass is 1040 g/mol. The van der Waals surface area contributed by atoms with Crippen molar-refractivity contribution in [2.24, 2.45) is 0 Å². The SMILES string of the molecule is c1ccc(C2(c3ccccc3)c3cc(N(c4ccc(-c5ccc6sc7ccccc7c6c5)cc4)c4cccc5c4-c4ccccc4C54c5ccccc5-n5c6ccccc6c6cccc4c65)ccc3-c3c2ccc2ccccc32)cc1. The highest BCUT2D eigenvalue weighted by atomic mass is 32.1. The number of rotatable bonds is 6. The summed E-state index contributed by atoms with van der Waals surface area (Å²) in [5, 5.41) is 7.67. The molecule has 0 fully saturated rings. The molecular formula is C78H48N2S. The molecule has 2 aliphatic carbocycles. The lowest BCUT2D eigenvalue weighted by Crippen LogP contribution is -2.33. The van der Waals surface area contributed by atoms with Crippen molar-refractivity contribution in [3.05, 3.63) is 336 Å². The van der Waals surface area contributed by atoms with E-state index in [0.29, 0.717) is 0 Å². The molecule has 2 aromatic heterocycles. The van der Waals surface area contributed by atoms with Crippen LogP contribution >= 0.6 is 11.3 Å². The Balaban J connectivity index is 0.922. The van der Waals surface area contributed by atoms with Crippen LogP contribution in [0.5, 0.6) is 0 Å². The fourth-order valence-electron chi connectivity index (χ4n) is 15.3. The topological polar surface area (TPSA) is 8.17 Å². The van der Waals surface area contributed by atoms with Crippen molar-refractivity contribution in [2.75, 3.05) is 4.90 Å². The van der Waals surface area contributed by atoms with Crippen LogP contribution in [-0.2, 0) is 10.8 Å². The summed E-state index contributed by atoms with van der Waals surface area (Å²) in [7, 11) is 0. The summed E-state index contributed by atoms with van der Waals surface area (Å²) in [5.41, 5.74) is 23.5. The largest absolute Gasteiger partial charge is 0.310 e. The lowest BCUT2D eigenvalue weighted by molar-refractivity contribution is 0.748. The summed E-state index contributed by atoms with van der Waals surface area (Å²) in [5.74, 6) is 0. The quantitative estimate of drug-likeness (QED) is 0.161. The van der Waals surface area contributed by atoms with Crippen molar-refractivity contribution >= 4 is 81.1 Å². The Labute approximate surface area is 473 Å². The fourth-order valence-corrected chi connectivity index (χ4v) is 16.4. The molecule has 0 saturated heterocycles. The van der Waals surface area contributed by atoms with Gasteiger partial charge in [-0.3, -0.25) is 0 Å². The van der Waals surface area contributed by atoms with E-state index in [1.807, 2.05) is 11.3 Å². The second-order valence-electron chi connectivity index (χ2n) is 22.2. The molecule has 0 radical (unpaired) electrons. The predicted octanol–water partition coefficient (Wildman–Crippen LogP) is 20.5. The highest BCUT2D eigenvalue weighted by Gasteiger charge is 2.52. The zero-order valence-corrected chi connectivity index (χ0v) is 44.8. The summed E-state index contributed by atoms with van der Waals surface area (Å²) in [6, 6.07) is 110. The van der Waals surface area contributed by atoms with Crippen LogP contribution in [0.25, 0.3) is 91.8 Å². The van der Waals surface area contributed by atoms with E-state index in [4.69, 9.17) is 0 Å². The van der Waals surface area contributed by atoms with Crippen LogP contribution in [0.4, 0.5) is 17.1 Å². The number of para-hydroxylation sites is 3. The van der Waals surface area contributed by atoms with Gasteiger partial charge in [0.25, 0.3) is 0 Å². The van der Waals surface area contributed by atoms with Gasteiger partial charge in [-0.05, 0) is 144 Å². The summed E-state index contributed by atoms with van der Waals surface area (Å²) >= 11 is 1.87. The molecule has 0 bridgehead atoms. The summed E-state index contributed by atoms with van der Waals surface area (Å²) in [6.45, 7) is 0. The normalized spacial score (nSPS) is 15.1. The second kappa shape index (κ2) is 16.7. The van der Waals surface area contributed by atoms with Gasteiger partial charge in [0.15, 0.2) is 0 Å². The second-order valence-corrected chi connectivity index (χ2v) is 23.3. The molecule has 0 saturated carbocycles. The van der Waals surface area contributed by atoms with Gasteiger partial charge in [0.1, 0.15) is 0 Å². The van der Waals surface area contributed by atoms with Gasteiger partial charge in [0.2, 0.25) is 0 Å². The van der Waals surface area contributed by atoms with Crippen LogP contribution in [0, 0.1) is 0 Å². The average molecular weight is 1050 g/mol. The van der Waals surface area contributed by atoms with E-state index >= 15 is 0 Å². The highest BCUT2D eigenvalue weighted by Crippen LogP contribution is 2.64. The molecule has 1 unspecified atom stereocenters. The van der Waals surface area contributed by atoms with Crippen LogP contribution < -0.4 is 4.90 Å². The molecule has 13 aromatic carbocycles. The molecule has 0 amide bonds. The first-order chi connectivity index (χ1) is 40.2. The number of thiophene rings is 1. The Morgan fingerprint density at radius 2 is 0.926 bits per heavy atom. The Kier molecular flexibility index (Phi) is 9.27. The van der Waals surface area contributed by atoms with Gasteiger partial charge in [-0.25, -0.2) is 0 Å². The van der Waals surface area contributed by atoms with Crippen LogP contribution in [0.2, 0.25) is 0 Å². The minimum Gasteiger partial charge on any atom is -0.310 e. The summed E-state index contributed by atoms with van der Waals surface area (Å²) in [4.78, 5) is 2.57. The van der Waals surface area contributed by atoms with Crippen molar-refractivity contribution in [1.29, 1.82) is 0 Å². The molecular weight excluding hydrogens is 997 g/mol. The van der Waals surface area contributed by atoms with Crippen LogP contribution in [-0.4, -0.2) is 4.57 Å². The van der Waals surface area contributed by atoms with Crippen LogP contribution in [0.3, 0.4) is 0 Å². The molecule has 1 aliphatic heterocycles. The molecule has 3 aliphatic rings. The van der Waals surface area contributed by atoms with E-state index in [1.165, 1.54) is 136 Å². The van der Waals surface area contributed by atoms with E-state index in [2.05, 4.69) is 301 Å². The number of hydrogen-bond donors (Lipinski definition) is 0. The first kappa shape index (κ1) is 44.9. The van der Waals surface area contributed by atoms with Crippen molar-refractivity contribution in [2.45, 2.75) is 10.8 Å². The van der Waals surface area contributed by atoms with E-state index in [1.54, 1.807) is 0 Å². The number of hydrogen-bond acceptors (Lipinski definition) is 2. The molecule has 2 nitrogen and oxygen atoms in total. The summed E-state index contributed by atoms with van der Waals surface area (Å²) in [6.07, 6.45) is 0. The maximum Gasteiger partial charge on any atom is 0.0755 e. The minimum absolute atomic E-state index is 0.612. The zero-order chi connectivity index (χ0) is 53.0. The van der Waals surface area contributed by atoms with Crippen molar-refractivity contribution in [1.82, 2.24) is 4.57 Å². The zero-order valence-electron chi connectivity index (χ0n) is 44.0. The third kappa shape index (κ3) is 5.90. The first-order valence-corrected chi connectivity index (χ1v) is 29.0. The van der Waals surface area contributed by atoms with Gasteiger partial charge < -0.3 is 9.47 Å². The molecule has 81 heavy (non-hydrogen) atoms. The van der Waals surface area contributed by atoms with Gasteiger partial charge in [-0.15, -0.1) is 11.3 Å². The number of anilines is 3. The van der Waals surface area contributed by atoms with Gasteiger partial charge in [0, 0.05) is 47.9 Å². The number of nitrogens with zero attached hydrogens (tertiary/aromatic N) is 2. The van der Waals surface area contributed by atoms with Crippen LogP contribution in [0.15, 0.2) is 291 Å². The third-order valence-electron chi connectivity index (χ3n) is 18.5. The molecule has 1 spiro atoms. The van der Waals surface area contributed by atoms with Crippen molar-refractivity contribution < 1.29 is 0 Å². The molecule has 3 heterocycles. The Hall–Kier alpha value is -10.1. The lowest BCUT2D eigenvalue weighted by Gasteiger charge is -2.39. The van der Waals surface area contributed by atoms with Crippen LogP contribution in [0.1, 0.15) is 44.5 Å². The molecule has 18 rings (SSSR count). The van der Waals surface area contributed by atoms with E-state index in [-0.39, 0.29) is 0 Å². The van der Waals surface area contributed by atoms with Gasteiger partial charge >= 0.3 is 0 Å². The summed E-state index contributed by atoms with van der Waals surface area (Å²) < 4.78 is 5.17. The van der Waals surface area contributed by atoms with E-state index < -0.39 is 10.8 Å².